The molecule has 2 aromatic heterocycles. The topological polar surface area (TPSA) is 42.4 Å². The van der Waals surface area contributed by atoms with Crippen molar-refractivity contribution < 1.29 is 8.83 Å². The van der Waals surface area contributed by atoms with Crippen LogP contribution in [0.4, 0.5) is 17.1 Å². The molecule has 0 atom stereocenters. The second-order valence-electron chi connectivity index (χ2n) is 14.3. The molecule has 11 aromatic rings. The Bertz CT molecular complexity index is 3210. The summed E-state index contributed by atoms with van der Waals surface area (Å²) in [6.07, 6.45) is 0. The van der Waals surface area contributed by atoms with E-state index in [1.807, 2.05) is 42.5 Å². The van der Waals surface area contributed by atoms with Gasteiger partial charge in [0.25, 0.3) is 0 Å². The quantitative estimate of drug-likeness (QED) is 0.164. The van der Waals surface area contributed by atoms with Crippen LogP contribution in [-0.4, -0.2) is 4.98 Å². The number of aromatic nitrogens is 1. The highest BCUT2D eigenvalue weighted by molar-refractivity contribution is 6.17. The van der Waals surface area contributed by atoms with Crippen molar-refractivity contribution in [3.63, 3.8) is 0 Å². The van der Waals surface area contributed by atoms with Crippen molar-refractivity contribution in [1.29, 1.82) is 0 Å². The third-order valence-corrected chi connectivity index (χ3v) is 10.9. The molecule has 0 N–H and O–H groups in total. The molecule has 0 unspecified atom stereocenters. The van der Waals surface area contributed by atoms with E-state index >= 15 is 0 Å². The van der Waals surface area contributed by atoms with E-state index in [2.05, 4.69) is 169 Å². The minimum absolute atomic E-state index is 0.602. The number of rotatable bonds is 7. The van der Waals surface area contributed by atoms with Crippen molar-refractivity contribution in [2.45, 2.75) is 0 Å². The summed E-state index contributed by atoms with van der Waals surface area (Å²) in [6.45, 7) is 0. The van der Waals surface area contributed by atoms with E-state index < -0.39 is 0 Å². The van der Waals surface area contributed by atoms with E-state index in [-0.39, 0.29) is 0 Å². The minimum atomic E-state index is 0.602. The summed E-state index contributed by atoms with van der Waals surface area (Å²) in [5, 5.41) is 4.42. The Morgan fingerprint density at radius 1 is 0.368 bits per heavy atom. The van der Waals surface area contributed by atoms with Crippen LogP contribution in [0, 0.1) is 0 Å². The number of furan rings is 1. The standard InChI is InChI=1S/C53H34N2O2/c1-3-12-35(13-4-1)36-22-27-41(28-23-36)55(47-21-10-9-19-45(47)44-20-11-17-38-14-7-8-18-43(38)44)42-29-24-37(25-30-42)40-26-31-46-50(34-40)56-48-32-33-49-52(51(46)48)54-53(57-49)39-15-5-2-6-16-39/h1-34H. The van der Waals surface area contributed by atoms with E-state index in [1.54, 1.807) is 0 Å². The van der Waals surface area contributed by atoms with Crippen molar-refractivity contribution in [3.05, 3.63) is 206 Å². The molecular formula is C53H34N2O2. The largest absolute Gasteiger partial charge is 0.456 e. The zero-order chi connectivity index (χ0) is 37.7. The molecule has 4 heteroatoms. The Kier molecular flexibility index (Phi) is 7.78. The van der Waals surface area contributed by atoms with Crippen LogP contribution in [0.2, 0.25) is 0 Å². The van der Waals surface area contributed by atoms with Gasteiger partial charge in [-0.1, -0.05) is 140 Å². The number of anilines is 3. The number of oxazole rings is 1. The van der Waals surface area contributed by atoms with Crippen LogP contribution in [0.1, 0.15) is 0 Å². The number of fused-ring (bicyclic) bond motifs is 6. The van der Waals surface area contributed by atoms with Crippen molar-refractivity contribution in [2.24, 2.45) is 0 Å². The van der Waals surface area contributed by atoms with Gasteiger partial charge in [-0.3, -0.25) is 0 Å². The molecule has 0 fully saturated rings. The molecule has 0 bridgehead atoms. The van der Waals surface area contributed by atoms with Gasteiger partial charge in [-0.15, -0.1) is 0 Å². The number of hydrogen-bond donors (Lipinski definition) is 0. The van der Waals surface area contributed by atoms with Crippen LogP contribution in [0.3, 0.4) is 0 Å². The molecule has 0 radical (unpaired) electrons. The first-order valence-corrected chi connectivity index (χ1v) is 19.2. The fourth-order valence-corrected chi connectivity index (χ4v) is 8.16. The highest BCUT2D eigenvalue weighted by atomic mass is 16.4. The lowest BCUT2D eigenvalue weighted by molar-refractivity contribution is 0.619. The van der Waals surface area contributed by atoms with Crippen molar-refractivity contribution >= 4 is 60.9 Å². The zero-order valence-electron chi connectivity index (χ0n) is 30.8. The van der Waals surface area contributed by atoms with Crippen LogP contribution < -0.4 is 4.90 Å². The average Bonchev–Trinajstić information content (AvgIpc) is 3.89. The summed E-state index contributed by atoms with van der Waals surface area (Å²) in [6, 6.07) is 72.5. The van der Waals surface area contributed by atoms with Gasteiger partial charge >= 0.3 is 0 Å². The summed E-state index contributed by atoms with van der Waals surface area (Å²) >= 11 is 0. The molecule has 9 aromatic carbocycles. The van der Waals surface area contributed by atoms with Crippen LogP contribution >= 0.6 is 0 Å². The van der Waals surface area contributed by atoms with E-state index in [0.717, 1.165) is 72.4 Å². The monoisotopic (exact) mass is 730 g/mol. The van der Waals surface area contributed by atoms with Gasteiger partial charge in [-0.2, -0.15) is 0 Å². The van der Waals surface area contributed by atoms with Gasteiger partial charge in [0, 0.05) is 27.9 Å². The lowest BCUT2D eigenvalue weighted by atomic mass is 9.96. The Balaban J connectivity index is 1.00. The lowest BCUT2D eigenvalue weighted by Crippen LogP contribution is -2.11. The Labute approximate surface area is 329 Å². The molecule has 0 aliphatic rings. The van der Waals surface area contributed by atoms with Crippen LogP contribution in [0.5, 0.6) is 0 Å². The Hall–Kier alpha value is -7.69. The zero-order valence-corrected chi connectivity index (χ0v) is 30.8. The molecule has 2 heterocycles. The first-order valence-electron chi connectivity index (χ1n) is 19.2. The summed E-state index contributed by atoms with van der Waals surface area (Å²) < 4.78 is 12.6. The highest BCUT2D eigenvalue weighted by Gasteiger charge is 2.20. The Morgan fingerprint density at radius 3 is 1.72 bits per heavy atom. The molecule has 0 saturated heterocycles. The second-order valence-corrected chi connectivity index (χ2v) is 14.3. The first kappa shape index (κ1) is 32.7. The van der Waals surface area contributed by atoms with Gasteiger partial charge in [0.05, 0.1) is 11.1 Å². The predicted molar refractivity (Wildman–Crippen MR) is 235 cm³/mol. The molecule has 4 nitrogen and oxygen atoms in total. The molecule has 11 rings (SSSR count). The average molecular weight is 731 g/mol. The maximum Gasteiger partial charge on any atom is 0.227 e. The van der Waals surface area contributed by atoms with Crippen molar-refractivity contribution in [2.75, 3.05) is 4.90 Å². The smallest absolute Gasteiger partial charge is 0.227 e. The number of hydrogen-bond acceptors (Lipinski definition) is 4. The molecule has 0 spiro atoms. The molecule has 0 aliphatic carbocycles. The molecular weight excluding hydrogens is 697 g/mol. The molecule has 0 aliphatic heterocycles. The highest BCUT2D eigenvalue weighted by Crippen LogP contribution is 2.44. The summed E-state index contributed by atoms with van der Waals surface area (Å²) in [5.41, 5.74) is 14.2. The fraction of sp³-hybridized carbons (Fsp3) is 0. The summed E-state index contributed by atoms with van der Waals surface area (Å²) in [4.78, 5) is 7.29. The first-order chi connectivity index (χ1) is 28.2. The van der Waals surface area contributed by atoms with Crippen molar-refractivity contribution in [1.82, 2.24) is 4.98 Å². The molecule has 268 valence electrons. The van der Waals surface area contributed by atoms with Gasteiger partial charge in [0.1, 0.15) is 16.7 Å². The molecule has 0 saturated carbocycles. The van der Waals surface area contributed by atoms with Crippen molar-refractivity contribution in [3.8, 4) is 44.8 Å². The second kappa shape index (κ2) is 13.6. The van der Waals surface area contributed by atoms with Gasteiger partial charge < -0.3 is 13.7 Å². The van der Waals surface area contributed by atoms with Gasteiger partial charge in [0.15, 0.2) is 5.58 Å². The lowest BCUT2D eigenvalue weighted by Gasteiger charge is -2.28. The summed E-state index contributed by atoms with van der Waals surface area (Å²) in [7, 11) is 0. The third-order valence-electron chi connectivity index (χ3n) is 10.9. The third kappa shape index (κ3) is 5.74. The van der Waals surface area contributed by atoms with Crippen LogP contribution in [-0.2, 0) is 0 Å². The van der Waals surface area contributed by atoms with E-state index in [1.165, 1.54) is 27.5 Å². The maximum atomic E-state index is 6.45. The number of para-hydroxylation sites is 1. The van der Waals surface area contributed by atoms with Gasteiger partial charge in [0.2, 0.25) is 5.89 Å². The molecule has 0 amide bonds. The van der Waals surface area contributed by atoms with E-state index in [4.69, 9.17) is 13.8 Å². The van der Waals surface area contributed by atoms with Crippen LogP contribution in [0.25, 0.3) is 88.6 Å². The number of benzene rings is 9. The SMILES string of the molecule is c1ccc(-c2ccc(N(c3ccc(-c4ccc5c(c4)oc4ccc6oc(-c7ccccc7)nc6c45)cc3)c3ccccc3-c3cccc4ccccc34)cc2)cc1. The van der Waals surface area contributed by atoms with Gasteiger partial charge in [-0.05, 0) is 105 Å². The minimum Gasteiger partial charge on any atom is -0.456 e. The fourth-order valence-electron chi connectivity index (χ4n) is 8.16. The normalized spacial score (nSPS) is 11.5. The van der Waals surface area contributed by atoms with Gasteiger partial charge in [-0.25, -0.2) is 4.98 Å². The summed E-state index contributed by atoms with van der Waals surface area (Å²) in [5.74, 6) is 0.602. The predicted octanol–water partition coefficient (Wildman–Crippen LogP) is 15.0. The Morgan fingerprint density at radius 2 is 0.947 bits per heavy atom. The number of nitrogens with zero attached hydrogens (tertiary/aromatic N) is 2. The van der Waals surface area contributed by atoms with E-state index in [9.17, 15) is 0 Å². The maximum absolute atomic E-state index is 6.45. The van der Waals surface area contributed by atoms with Crippen LogP contribution in [0.15, 0.2) is 215 Å². The van der Waals surface area contributed by atoms with E-state index in [0.29, 0.717) is 5.89 Å². The molecule has 57 heavy (non-hydrogen) atoms.